The van der Waals surface area contributed by atoms with Gasteiger partial charge in [0.25, 0.3) is 0 Å². The SMILES string of the molecule is COC1CCCCC1(CC(=O)O)N1CCOCC1. The van der Waals surface area contributed by atoms with Crippen LogP contribution in [-0.4, -0.2) is 61.0 Å². The maximum Gasteiger partial charge on any atom is 0.305 e. The molecule has 0 amide bonds. The van der Waals surface area contributed by atoms with Crippen molar-refractivity contribution in [2.45, 2.75) is 43.7 Å². The van der Waals surface area contributed by atoms with Crippen LogP contribution in [0.25, 0.3) is 0 Å². The lowest BCUT2D eigenvalue weighted by Gasteiger charge is -2.51. The van der Waals surface area contributed by atoms with Crippen molar-refractivity contribution in [3.63, 3.8) is 0 Å². The van der Waals surface area contributed by atoms with Gasteiger partial charge in [0, 0.05) is 20.2 Å². The first-order valence-electron chi connectivity index (χ1n) is 6.76. The minimum Gasteiger partial charge on any atom is -0.481 e. The average molecular weight is 257 g/mol. The maximum absolute atomic E-state index is 11.3. The van der Waals surface area contributed by atoms with Gasteiger partial charge in [0.15, 0.2) is 0 Å². The first-order chi connectivity index (χ1) is 8.69. The number of rotatable bonds is 4. The molecule has 1 saturated heterocycles. The molecular weight excluding hydrogens is 234 g/mol. The van der Waals surface area contributed by atoms with Crippen LogP contribution >= 0.6 is 0 Å². The molecule has 2 rings (SSSR count). The summed E-state index contributed by atoms with van der Waals surface area (Å²) in [6.45, 7) is 3.01. The number of carboxylic acids is 1. The van der Waals surface area contributed by atoms with Crippen LogP contribution in [0.2, 0.25) is 0 Å². The Labute approximate surface area is 108 Å². The Morgan fingerprint density at radius 3 is 2.78 bits per heavy atom. The van der Waals surface area contributed by atoms with Gasteiger partial charge >= 0.3 is 5.97 Å². The fraction of sp³-hybridized carbons (Fsp3) is 0.923. The number of hydrogen-bond acceptors (Lipinski definition) is 4. The van der Waals surface area contributed by atoms with Crippen molar-refractivity contribution in [3.8, 4) is 0 Å². The van der Waals surface area contributed by atoms with Gasteiger partial charge in [0.2, 0.25) is 0 Å². The van der Waals surface area contributed by atoms with Gasteiger partial charge in [-0.1, -0.05) is 12.8 Å². The van der Waals surface area contributed by atoms with E-state index in [1.165, 1.54) is 0 Å². The second-order valence-corrected chi connectivity index (χ2v) is 5.24. The van der Waals surface area contributed by atoms with E-state index >= 15 is 0 Å². The Hall–Kier alpha value is -0.650. The van der Waals surface area contributed by atoms with Gasteiger partial charge in [0.05, 0.1) is 31.3 Å². The van der Waals surface area contributed by atoms with Gasteiger partial charge in [-0.25, -0.2) is 0 Å². The highest BCUT2D eigenvalue weighted by molar-refractivity contribution is 5.68. The zero-order valence-corrected chi connectivity index (χ0v) is 11.1. The quantitative estimate of drug-likeness (QED) is 0.818. The van der Waals surface area contributed by atoms with Crippen molar-refractivity contribution < 1.29 is 19.4 Å². The fourth-order valence-corrected chi connectivity index (χ4v) is 3.47. The number of carbonyl (C=O) groups is 1. The number of ether oxygens (including phenoxy) is 2. The van der Waals surface area contributed by atoms with Gasteiger partial charge in [-0.15, -0.1) is 0 Å². The van der Waals surface area contributed by atoms with E-state index in [-0.39, 0.29) is 18.1 Å². The standard InChI is InChI=1S/C13H23NO4/c1-17-11-4-2-3-5-13(11,10-12(15)16)14-6-8-18-9-7-14/h11H,2-10H2,1H3,(H,15,16). The van der Waals surface area contributed by atoms with Crippen LogP contribution in [0.5, 0.6) is 0 Å². The molecule has 18 heavy (non-hydrogen) atoms. The molecule has 2 aliphatic rings. The molecule has 1 aliphatic heterocycles. The Morgan fingerprint density at radius 2 is 2.17 bits per heavy atom. The molecule has 1 heterocycles. The summed E-state index contributed by atoms with van der Waals surface area (Å²) in [6, 6.07) is 0. The summed E-state index contributed by atoms with van der Waals surface area (Å²) in [7, 11) is 1.70. The third kappa shape index (κ3) is 2.68. The normalized spacial score (nSPS) is 34.4. The van der Waals surface area contributed by atoms with Crippen molar-refractivity contribution in [2.75, 3.05) is 33.4 Å². The molecule has 0 aromatic rings. The first-order valence-corrected chi connectivity index (χ1v) is 6.76. The molecule has 2 atom stereocenters. The Bertz CT molecular complexity index is 291. The molecule has 0 bridgehead atoms. The number of nitrogens with zero attached hydrogens (tertiary/aromatic N) is 1. The second-order valence-electron chi connectivity index (χ2n) is 5.24. The molecule has 0 aromatic carbocycles. The van der Waals surface area contributed by atoms with E-state index in [9.17, 15) is 9.90 Å². The zero-order chi connectivity index (χ0) is 13.0. The van der Waals surface area contributed by atoms with Crippen LogP contribution in [0.1, 0.15) is 32.1 Å². The monoisotopic (exact) mass is 257 g/mol. The third-order valence-electron chi connectivity index (χ3n) is 4.31. The molecule has 0 aromatic heterocycles. The molecule has 1 N–H and O–H groups in total. The average Bonchev–Trinajstić information content (AvgIpc) is 2.39. The molecule has 5 nitrogen and oxygen atoms in total. The minimum absolute atomic E-state index is 0.0282. The third-order valence-corrected chi connectivity index (χ3v) is 4.31. The summed E-state index contributed by atoms with van der Waals surface area (Å²) in [4.78, 5) is 13.6. The number of aliphatic carboxylic acids is 1. The van der Waals surface area contributed by atoms with E-state index in [1.807, 2.05) is 0 Å². The van der Waals surface area contributed by atoms with E-state index in [2.05, 4.69) is 4.90 Å². The van der Waals surface area contributed by atoms with E-state index in [0.717, 1.165) is 38.8 Å². The molecule has 2 fully saturated rings. The van der Waals surface area contributed by atoms with Crippen molar-refractivity contribution >= 4 is 5.97 Å². The van der Waals surface area contributed by atoms with Crippen LogP contribution in [0.4, 0.5) is 0 Å². The smallest absolute Gasteiger partial charge is 0.305 e. The van der Waals surface area contributed by atoms with Crippen molar-refractivity contribution in [2.24, 2.45) is 0 Å². The minimum atomic E-state index is -0.731. The molecule has 2 unspecified atom stereocenters. The highest BCUT2D eigenvalue weighted by Gasteiger charge is 2.47. The van der Waals surface area contributed by atoms with E-state index in [0.29, 0.717) is 13.2 Å². The van der Waals surface area contributed by atoms with Crippen LogP contribution in [0.15, 0.2) is 0 Å². The van der Waals surface area contributed by atoms with E-state index in [1.54, 1.807) is 7.11 Å². The van der Waals surface area contributed by atoms with Gasteiger partial charge in [0.1, 0.15) is 0 Å². The van der Waals surface area contributed by atoms with E-state index < -0.39 is 5.97 Å². The van der Waals surface area contributed by atoms with Gasteiger partial charge in [-0.05, 0) is 12.8 Å². The zero-order valence-electron chi connectivity index (χ0n) is 11.1. The van der Waals surface area contributed by atoms with Crippen molar-refractivity contribution in [1.82, 2.24) is 4.90 Å². The lowest BCUT2D eigenvalue weighted by Crippen LogP contribution is -2.62. The summed E-state index contributed by atoms with van der Waals surface area (Å²) >= 11 is 0. The number of carboxylic acid groups (broad SMARTS) is 1. The topological polar surface area (TPSA) is 59.0 Å². The molecule has 0 radical (unpaired) electrons. The molecule has 5 heteroatoms. The Kier molecular flexibility index (Phi) is 4.59. The number of hydrogen-bond donors (Lipinski definition) is 1. The first kappa shape index (κ1) is 13.8. The lowest BCUT2D eigenvalue weighted by atomic mass is 9.75. The van der Waals surface area contributed by atoms with Gasteiger partial charge < -0.3 is 14.6 Å². The number of morpholine rings is 1. The number of methoxy groups -OCH3 is 1. The highest BCUT2D eigenvalue weighted by atomic mass is 16.5. The van der Waals surface area contributed by atoms with Crippen LogP contribution in [0.3, 0.4) is 0 Å². The summed E-state index contributed by atoms with van der Waals surface area (Å²) in [6.07, 6.45) is 4.29. The molecule has 0 spiro atoms. The van der Waals surface area contributed by atoms with Gasteiger partial charge in [-0.3, -0.25) is 9.69 Å². The van der Waals surface area contributed by atoms with Crippen LogP contribution in [-0.2, 0) is 14.3 Å². The molecule has 1 aliphatic carbocycles. The highest BCUT2D eigenvalue weighted by Crippen LogP contribution is 2.38. The summed E-state index contributed by atoms with van der Waals surface area (Å²) in [5.41, 5.74) is -0.331. The largest absolute Gasteiger partial charge is 0.481 e. The lowest BCUT2D eigenvalue weighted by molar-refractivity contribution is -0.152. The van der Waals surface area contributed by atoms with Crippen molar-refractivity contribution in [3.05, 3.63) is 0 Å². The van der Waals surface area contributed by atoms with Crippen molar-refractivity contribution in [1.29, 1.82) is 0 Å². The molecular formula is C13H23NO4. The van der Waals surface area contributed by atoms with Crippen LogP contribution < -0.4 is 0 Å². The Balaban J connectivity index is 2.21. The van der Waals surface area contributed by atoms with E-state index in [4.69, 9.17) is 9.47 Å². The summed E-state index contributed by atoms with van der Waals surface area (Å²) < 4.78 is 11.0. The van der Waals surface area contributed by atoms with Crippen LogP contribution in [0, 0.1) is 0 Å². The van der Waals surface area contributed by atoms with Gasteiger partial charge in [-0.2, -0.15) is 0 Å². The second kappa shape index (κ2) is 5.99. The summed E-state index contributed by atoms with van der Waals surface area (Å²) in [5.74, 6) is -0.731. The fourth-order valence-electron chi connectivity index (χ4n) is 3.47. The maximum atomic E-state index is 11.3. The predicted molar refractivity (Wildman–Crippen MR) is 66.6 cm³/mol. The predicted octanol–water partition coefficient (Wildman–Crippen LogP) is 1.12. The summed E-state index contributed by atoms with van der Waals surface area (Å²) in [5, 5.41) is 9.26. The molecule has 104 valence electrons. The Morgan fingerprint density at radius 1 is 1.44 bits per heavy atom. The molecule has 1 saturated carbocycles.